The van der Waals surface area contributed by atoms with Crippen molar-refractivity contribution in [2.24, 2.45) is 0 Å². The minimum Gasteiger partial charge on any atom is -0.350 e. The molecule has 0 aromatic heterocycles. The summed E-state index contributed by atoms with van der Waals surface area (Å²) in [6.45, 7) is 3.72. The number of carbonyl (C=O) groups is 3. The van der Waals surface area contributed by atoms with Crippen LogP contribution in [0.5, 0.6) is 0 Å². The van der Waals surface area contributed by atoms with Crippen LogP contribution in [0.4, 0.5) is 5.69 Å². The molecule has 0 bridgehead atoms. The highest BCUT2D eigenvalue weighted by molar-refractivity contribution is 6.40. The van der Waals surface area contributed by atoms with Crippen molar-refractivity contribution in [2.45, 2.75) is 58.0 Å². The van der Waals surface area contributed by atoms with Gasteiger partial charge in [0.15, 0.2) is 0 Å². The van der Waals surface area contributed by atoms with Crippen LogP contribution in [0.1, 0.15) is 56.3 Å². The average Bonchev–Trinajstić information content (AvgIpc) is 2.55. The van der Waals surface area contributed by atoms with Crippen molar-refractivity contribution < 1.29 is 14.4 Å². The van der Waals surface area contributed by atoms with Crippen LogP contribution < -0.4 is 16.0 Å². The van der Waals surface area contributed by atoms with Crippen LogP contribution in [-0.2, 0) is 9.59 Å². The fourth-order valence-electron chi connectivity index (χ4n) is 2.81. The lowest BCUT2D eigenvalue weighted by Gasteiger charge is -2.22. The van der Waals surface area contributed by atoms with Crippen molar-refractivity contribution in [1.29, 1.82) is 0 Å². The second-order valence-corrected chi connectivity index (χ2v) is 6.44. The second-order valence-electron chi connectivity index (χ2n) is 6.44. The van der Waals surface area contributed by atoms with E-state index in [4.69, 9.17) is 0 Å². The summed E-state index contributed by atoms with van der Waals surface area (Å²) >= 11 is 0. The van der Waals surface area contributed by atoms with Crippen LogP contribution in [0.2, 0.25) is 0 Å². The Bertz CT molecular complexity index is 607. The molecule has 3 amide bonds. The van der Waals surface area contributed by atoms with Crippen LogP contribution in [0.3, 0.4) is 0 Å². The first-order valence-corrected chi connectivity index (χ1v) is 8.49. The lowest BCUT2D eigenvalue weighted by Crippen LogP contribution is -2.42. The Hall–Kier alpha value is -2.37. The lowest BCUT2D eigenvalue weighted by atomic mass is 9.95. The number of rotatable bonds is 4. The molecule has 0 unspecified atom stereocenters. The minimum atomic E-state index is -0.745. The monoisotopic (exact) mass is 331 g/mol. The quantitative estimate of drug-likeness (QED) is 0.739. The summed E-state index contributed by atoms with van der Waals surface area (Å²) in [6, 6.07) is 6.70. The molecule has 1 aliphatic rings. The fourth-order valence-corrected chi connectivity index (χ4v) is 2.81. The van der Waals surface area contributed by atoms with Gasteiger partial charge in [-0.1, -0.05) is 31.4 Å². The SMILES string of the molecule is CC(C)NC(=O)c1ccccc1NC(=O)C(=O)NC1CCCCC1. The van der Waals surface area contributed by atoms with Gasteiger partial charge in [-0.3, -0.25) is 14.4 Å². The molecule has 3 N–H and O–H groups in total. The van der Waals surface area contributed by atoms with Gasteiger partial charge in [0, 0.05) is 12.1 Å². The second kappa shape index (κ2) is 8.47. The summed E-state index contributed by atoms with van der Waals surface area (Å²) in [7, 11) is 0. The van der Waals surface area contributed by atoms with Gasteiger partial charge in [-0.15, -0.1) is 0 Å². The van der Waals surface area contributed by atoms with Crippen molar-refractivity contribution in [3.63, 3.8) is 0 Å². The number of hydrogen-bond donors (Lipinski definition) is 3. The molecule has 0 radical (unpaired) electrons. The van der Waals surface area contributed by atoms with Crippen LogP contribution >= 0.6 is 0 Å². The Balaban J connectivity index is 2.00. The minimum absolute atomic E-state index is 0.0177. The third-order valence-electron chi connectivity index (χ3n) is 3.99. The molecule has 1 aromatic carbocycles. The zero-order chi connectivity index (χ0) is 17.5. The molecule has 2 rings (SSSR count). The molecule has 0 heterocycles. The zero-order valence-corrected chi connectivity index (χ0v) is 14.2. The van der Waals surface area contributed by atoms with Gasteiger partial charge in [0.1, 0.15) is 0 Å². The highest BCUT2D eigenvalue weighted by Gasteiger charge is 2.22. The van der Waals surface area contributed by atoms with Crippen LogP contribution in [0.25, 0.3) is 0 Å². The van der Waals surface area contributed by atoms with E-state index in [-0.39, 0.29) is 18.0 Å². The van der Waals surface area contributed by atoms with Crippen molar-refractivity contribution >= 4 is 23.4 Å². The average molecular weight is 331 g/mol. The number of anilines is 1. The van der Waals surface area contributed by atoms with Crippen molar-refractivity contribution in [2.75, 3.05) is 5.32 Å². The number of hydrogen-bond acceptors (Lipinski definition) is 3. The van der Waals surface area contributed by atoms with E-state index in [1.54, 1.807) is 24.3 Å². The third kappa shape index (κ3) is 5.08. The summed E-state index contributed by atoms with van der Waals surface area (Å²) in [6.07, 6.45) is 5.14. The molecule has 6 nitrogen and oxygen atoms in total. The number of carbonyl (C=O) groups excluding carboxylic acids is 3. The normalized spacial score (nSPS) is 15.0. The van der Waals surface area contributed by atoms with Gasteiger partial charge in [0.2, 0.25) is 0 Å². The van der Waals surface area contributed by atoms with E-state index >= 15 is 0 Å². The summed E-state index contributed by atoms with van der Waals surface area (Å²) in [5.74, 6) is -1.68. The van der Waals surface area contributed by atoms with E-state index in [2.05, 4.69) is 16.0 Å². The maximum atomic E-state index is 12.2. The molecule has 1 aromatic rings. The predicted octanol–water partition coefficient (Wildman–Crippen LogP) is 2.21. The Kier molecular flexibility index (Phi) is 6.35. The standard InChI is InChI=1S/C18H25N3O3/c1-12(2)19-16(22)14-10-6-7-11-15(14)21-18(24)17(23)20-13-8-4-3-5-9-13/h6-7,10-13H,3-5,8-9H2,1-2H3,(H,19,22)(H,20,23)(H,21,24). The largest absolute Gasteiger partial charge is 0.350 e. The Labute approximate surface area is 142 Å². The molecule has 24 heavy (non-hydrogen) atoms. The fraction of sp³-hybridized carbons (Fsp3) is 0.500. The molecule has 1 aliphatic carbocycles. The summed E-state index contributed by atoms with van der Waals surface area (Å²) < 4.78 is 0. The van der Waals surface area contributed by atoms with Gasteiger partial charge >= 0.3 is 11.8 Å². The van der Waals surface area contributed by atoms with Crippen molar-refractivity contribution in [3.05, 3.63) is 29.8 Å². The van der Waals surface area contributed by atoms with E-state index in [1.807, 2.05) is 13.8 Å². The predicted molar refractivity (Wildman–Crippen MR) is 92.7 cm³/mol. The highest BCUT2D eigenvalue weighted by Crippen LogP contribution is 2.18. The summed E-state index contributed by atoms with van der Waals surface area (Å²) in [4.78, 5) is 36.4. The highest BCUT2D eigenvalue weighted by atomic mass is 16.2. The first-order valence-electron chi connectivity index (χ1n) is 8.49. The third-order valence-corrected chi connectivity index (χ3v) is 3.99. The number of nitrogens with one attached hydrogen (secondary N) is 3. The van der Waals surface area contributed by atoms with E-state index in [0.29, 0.717) is 11.3 Å². The molecular weight excluding hydrogens is 306 g/mol. The van der Waals surface area contributed by atoms with Crippen LogP contribution in [-0.4, -0.2) is 29.8 Å². The van der Waals surface area contributed by atoms with E-state index in [1.165, 1.54) is 6.42 Å². The topological polar surface area (TPSA) is 87.3 Å². The summed E-state index contributed by atoms with van der Waals surface area (Å²) in [5, 5.41) is 8.09. The van der Waals surface area contributed by atoms with Gasteiger partial charge in [0.05, 0.1) is 11.3 Å². The van der Waals surface area contributed by atoms with E-state index in [0.717, 1.165) is 25.7 Å². The zero-order valence-electron chi connectivity index (χ0n) is 14.2. The smallest absolute Gasteiger partial charge is 0.313 e. The maximum absolute atomic E-state index is 12.2. The molecule has 130 valence electrons. The number of benzene rings is 1. The molecular formula is C18H25N3O3. The molecule has 0 atom stereocenters. The first-order chi connectivity index (χ1) is 11.5. The molecule has 0 spiro atoms. The summed E-state index contributed by atoms with van der Waals surface area (Å²) in [5.41, 5.74) is 0.671. The van der Waals surface area contributed by atoms with E-state index in [9.17, 15) is 14.4 Å². The number of amides is 3. The van der Waals surface area contributed by atoms with Gasteiger partial charge in [-0.2, -0.15) is 0 Å². The Morgan fingerprint density at radius 3 is 2.33 bits per heavy atom. The lowest BCUT2D eigenvalue weighted by molar-refractivity contribution is -0.136. The van der Waals surface area contributed by atoms with Gasteiger partial charge in [0.25, 0.3) is 5.91 Å². The number of para-hydroxylation sites is 1. The van der Waals surface area contributed by atoms with Crippen LogP contribution in [0.15, 0.2) is 24.3 Å². The maximum Gasteiger partial charge on any atom is 0.313 e. The van der Waals surface area contributed by atoms with Crippen molar-refractivity contribution in [1.82, 2.24) is 10.6 Å². The molecule has 1 saturated carbocycles. The van der Waals surface area contributed by atoms with E-state index < -0.39 is 11.8 Å². The molecule has 0 aliphatic heterocycles. The van der Waals surface area contributed by atoms with Gasteiger partial charge < -0.3 is 16.0 Å². The van der Waals surface area contributed by atoms with Gasteiger partial charge in [-0.05, 0) is 38.8 Å². The molecule has 1 fully saturated rings. The van der Waals surface area contributed by atoms with Crippen molar-refractivity contribution in [3.8, 4) is 0 Å². The van der Waals surface area contributed by atoms with Gasteiger partial charge in [-0.25, -0.2) is 0 Å². The first kappa shape index (κ1) is 18.0. The Morgan fingerprint density at radius 2 is 1.67 bits per heavy atom. The Morgan fingerprint density at radius 1 is 1.00 bits per heavy atom. The molecule has 0 saturated heterocycles. The molecule has 6 heteroatoms. The van der Waals surface area contributed by atoms with Crippen LogP contribution in [0, 0.1) is 0 Å².